The third-order valence-electron chi connectivity index (χ3n) is 4.89. The van der Waals surface area contributed by atoms with Crippen LogP contribution in [0.15, 0.2) is 59.1 Å². The minimum absolute atomic E-state index is 0.0708. The zero-order chi connectivity index (χ0) is 21.7. The molecule has 1 heterocycles. The van der Waals surface area contributed by atoms with Crippen LogP contribution in [0.3, 0.4) is 0 Å². The van der Waals surface area contributed by atoms with E-state index in [2.05, 4.69) is 30.9 Å². The predicted molar refractivity (Wildman–Crippen MR) is 116 cm³/mol. The van der Waals surface area contributed by atoms with E-state index in [1.54, 1.807) is 11.9 Å². The normalized spacial score (nSPS) is 12.4. The number of hydrogen-bond donors (Lipinski definition) is 0. The topological polar surface area (TPSA) is 68.5 Å². The molecule has 1 atom stereocenters. The molecule has 0 unspecified atom stereocenters. The second-order valence-corrected chi connectivity index (χ2v) is 8.36. The molecule has 0 aliphatic rings. The standard InChI is InChI=1S/C24H29N3O3/c1-6-20(29-19-14-12-18(13-15-19)24(2,3)4)23(28)27(5)16-21-25-22(26-30-21)17-10-8-7-9-11-17/h7-15,20H,6,16H2,1-5H3/t20-/m0/s1. The second-order valence-electron chi connectivity index (χ2n) is 8.36. The first-order valence-electron chi connectivity index (χ1n) is 10.2. The largest absolute Gasteiger partial charge is 0.481 e. The van der Waals surface area contributed by atoms with Crippen molar-refractivity contribution in [3.05, 3.63) is 66.1 Å². The quantitative estimate of drug-likeness (QED) is 0.560. The first kappa shape index (κ1) is 21.6. The number of ether oxygens (including phenoxy) is 1. The van der Waals surface area contributed by atoms with Crippen molar-refractivity contribution in [2.75, 3.05) is 7.05 Å². The lowest BCUT2D eigenvalue weighted by atomic mass is 9.87. The van der Waals surface area contributed by atoms with Crippen molar-refractivity contribution in [3.8, 4) is 17.1 Å². The van der Waals surface area contributed by atoms with E-state index >= 15 is 0 Å². The molecule has 0 aliphatic heterocycles. The molecule has 6 nitrogen and oxygen atoms in total. The Hall–Kier alpha value is -3.15. The Labute approximate surface area is 177 Å². The average Bonchev–Trinajstić information content (AvgIpc) is 3.20. The van der Waals surface area contributed by atoms with Crippen molar-refractivity contribution < 1.29 is 14.1 Å². The number of nitrogens with zero attached hydrogens (tertiary/aromatic N) is 3. The van der Waals surface area contributed by atoms with E-state index in [4.69, 9.17) is 9.26 Å². The first-order chi connectivity index (χ1) is 14.3. The van der Waals surface area contributed by atoms with Gasteiger partial charge in [0.2, 0.25) is 11.7 Å². The van der Waals surface area contributed by atoms with Crippen LogP contribution >= 0.6 is 0 Å². The lowest BCUT2D eigenvalue weighted by molar-refractivity contribution is -0.138. The SMILES string of the molecule is CC[C@H](Oc1ccc(C(C)(C)C)cc1)C(=O)N(C)Cc1nc(-c2ccccc2)no1. The number of amides is 1. The molecule has 6 heteroatoms. The number of aromatic nitrogens is 2. The van der Waals surface area contributed by atoms with Gasteiger partial charge in [0.1, 0.15) is 5.75 Å². The van der Waals surface area contributed by atoms with E-state index in [1.807, 2.05) is 61.5 Å². The third kappa shape index (κ3) is 5.26. The first-order valence-corrected chi connectivity index (χ1v) is 10.2. The van der Waals surface area contributed by atoms with Gasteiger partial charge in [0, 0.05) is 12.6 Å². The van der Waals surface area contributed by atoms with Gasteiger partial charge in [0.25, 0.3) is 5.91 Å². The molecule has 2 aromatic carbocycles. The summed E-state index contributed by atoms with van der Waals surface area (Å²) in [5.74, 6) is 1.44. The summed E-state index contributed by atoms with van der Waals surface area (Å²) < 4.78 is 11.3. The minimum atomic E-state index is -0.577. The smallest absolute Gasteiger partial charge is 0.263 e. The molecule has 1 aromatic heterocycles. The van der Waals surface area contributed by atoms with Crippen molar-refractivity contribution in [2.24, 2.45) is 0 Å². The zero-order valence-corrected chi connectivity index (χ0v) is 18.3. The Bertz CT molecular complexity index is 959. The number of hydrogen-bond acceptors (Lipinski definition) is 5. The number of carbonyl (C=O) groups excluding carboxylic acids is 1. The number of rotatable bonds is 7. The minimum Gasteiger partial charge on any atom is -0.481 e. The monoisotopic (exact) mass is 407 g/mol. The van der Waals surface area contributed by atoms with Crippen LogP contribution < -0.4 is 4.74 Å². The summed E-state index contributed by atoms with van der Waals surface area (Å²) in [6.07, 6.45) is -0.0180. The van der Waals surface area contributed by atoms with Crippen LogP contribution in [-0.4, -0.2) is 34.1 Å². The zero-order valence-electron chi connectivity index (χ0n) is 18.3. The predicted octanol–water partition coefficient (Wildman–Crippen LogP) is 4.85. The van der Waals surface area contributed by atoms with E-state index < -0.39 is 6.10 Å². The van der Waals surface area contributed by atoms with E-state index in [0.29, 0.717) is 23.9 Å². The fourth-order valence-electron chi connectivity index (χ4n) is 3.06. The second kappa shape index (κ2) is 9.11. The van der Waals surface area contributed by atoms with E-state index in [9.17, 15) is 4.79 Å². The van der Waals surface area contributed by atoms with Gasteiger partial charge >= 0.3 is 0 Å². The summed E-state index contributed by atoms with van der Waals surface area (Å²) in [6, 6.07) is 17.5. The lowest BCUT2D eigenvalue weighted by Gasteiger charge is -2.23. The third-order valence-corrected chi connectivity index (χ3v) is 4.89. The molecule has 0 radical (unpaired) electrons. The van der Waals surface area contributed by atoms with Crippen LogP contribution in [0.5, 0.6) is 5.75 Å². The van der Waals surface area contributed by atoms with Gasteiger partial charge < -0.3 is 14.2 Å². The molecule has 0 saturated heterocycles. The molecule has 0 N–H and O–H groups in total. The molecule has 3 aromatic rings. The maximum Gasteiger partial charge on any atom is 0.263 e. The van der Waals surface area contributed by atoms with Gasteiger partial charge in [-0.25, -0.2) is 0 Å². The molecule has 30 heavy (non-hydrogen) atoms. The van der Waals surface area contributed by atoms with Gasteiger partial charge in [0.05, 0.1) is 6.54 Å². The van der Waals surface area contributed by atoms with Crippen molar-refractivity contribution in [1.82, 2.24) is 15.0 Å². The highest BCUT2D eigenvalue weighted by molar-refractivity contribution is 5.81. The Kier molecular flexibility index (Phi) is 6.55. The van der Waals surface area contributed by atoms with Crippen LogP contribution in [0.4, 0.5) is 0 Å². The van der Waals surface area contributed by atoms with Gasteiger partial charge in [-0.15, -0.1) is 0 Å². The Balaban J connectivity index is 1.63. The summed E-state index contributed by atoms with van der Waals surface area (Å²) in [5.41, 5.74) is 2.16. The van der Waals surface area contributed by atoms with Gasteiger partial charge in [-0.05, 0) is 29.5 Å². The van der Waals surface area contributed by atoms with E-state index in [-0.39, 0.29) is 17.9 Å². The van der Waals surface area contributed by atoms with Crippen molar-refractivity contribution in [1.29, 1.82) is 0 Å². The van der Waals surface area contributed by atoms with Crippen LogP contribution in [0.1, 0.15) is 45.6 Å². The van der Waals surface area contributed by atoms with Crippen molar-refractivity contribution in [3.63, 3.8) is 0 Å². The molecule has 3 rings (SSSR count). The summed E-state index contributed by atoms with van der Waals surface area (Å²) >= 11 is 0. The molecule has 0 spiro atoms. The Morgan fingerprint density at radius 2 is 1.77 bits per heavy atom. The van der Waals surface area contributed by atoms with E-state index in [1.165, 1.54) is 5.56 Å². The van der Waals surface area contributed by atoms with Gasteiger partial charge in [-0.2, -0.15) is 4.98 Å². The van der Waals surface area contributed by atoms with Gasteiger partial charge in [-0.1, -0.05) is 75.3 Å². The van der Waals surface area contributed by atoms with E-state index in [0.717, 1.165) is 5.56 Å². The van der Waals surface area contributed by atoms with Crippen LogP contribution in [0, 0.1) is 0 Å². The fourth-order valence-corrected chi connectivity index (χ4v) is 3.06. The van der Waals surface area contributed by atoms with Crippen LogP contribution in [0.2, 0.25) is 0 Å². The number of carbonyl (C=O) groups is 1. The van der Waals surface area contributed by atoms with Crippen molar-refractivity contribution >= 4 is 5.91 Å². The van der Waals surface area contributed by atoms with Gasteiger partial charge in [0.15, 0.2) is 6.10 Å². The lowest BCUT2D eigenvalue weighted by Crippen LogP contribution is -2.39. The molecule has 1 amide bonds. The van der Waals surface area contributed by atoms with Crippen LogP contribution in [-0.2, 0) is 16.8 Å². The molecule has 0 bridgehead atoms. The molecule has 158 valence electrons. The summed E-state index contributed by atoms with van der Waals surface area (Å²) in [5, 5.41) is 4.00. The highest BCUT2D eigenvalue weighted by Gasteiger charge is 2.24. The summed E-state index contributed by atoms with van der Waals surface area (Å²) in [4.78, 5) is 18.8. The number of likely N-dealkylation sites (N-methyl/N-ethyl adjacent to an activating group) is 1. The molecule has 0 saturated carbocycles. The Morgan fingerprint density at radius 3 is 2.37 bits per heavy atom. The highest BCUT2D eigenvalue weighted by atomic mass is 16.5. The maximum atomic E-state index is 12.9. The highest BCUT2D eigenvalue weighted by Crippen LogP contribution is 2.25. The fraction of sp³-hybridized carbons (Fsp3) is 0.375. The summed E-state index contributed by atoms with van der Waals surface area (Å²) in [7, 11) is 1.71. The Morgan fingerprint density at radius 1 is 1.10 bits per heavy atom. The van der Waals surface area contributed by atoms with Crippen molar-refractivity contribution in [2.45, 2.75) is 52.2 Å². The summed E-state index contributed by atoms with van der Waals surface area (Å²) in [6.45, 7) is 8.65. The molecular weight excluding hydrogens is 378 g/mol. The molecule has 0 aliphatic carbocycles. The maximum absolute atomic E-state index is 12.9. The molecular formula is C24H29N3O3. The average molecular weight is 408 g/mol. The number of benzene rings is 2. The molecule has 0 fully saturated rings. The van der Waals surface area contributed by atoms with Crippen LogP contribution in [0.25, 0.3) is 11.4 Å². The van der Waals surface area contributed by atoms with Gasteiger partial charge in [-0.3, -0.25) is 4.79 Å².